The summed E-state index contributed by atoms with van der Waals surface area (Å²) in [6, 6.07) is 21.3. The summed E-state index contributed by atoms with van der Waals surface area (Å²) >= 11 is 0. The van der Waals surface area contributed by atoms with E-state index < -0.39 is 0 Å². The normalized spacial score (nSPS) is 13.3. The summed E-state index contributed by atoms with van der Waals surface area (Å²) in [5, 5.41) is 0. The van der Waals surface area contributed by atoms with E-state index in [4.69, 9.17) is 0 Å². The number of benzene rings is 2. The first-order valence-corrected chi connectivity index (χ1v) is 7.10. The first kappa shape index (κ1) is 13.6. The van der Waals surface area contributed by atoms with Crippen LogP contribution in [0.15, 0.2) is 60.7 Å². The van der Waals surface area contributed by atoms with Crippen molar-refractivity contribution in [3.8, 4) is 0 Å². The fourth-order valence-corrected chi connectivity index (χ4v) is 2.18. The molecule has 0 aromatic heterocycles. The van der Waals surface area contributed by atoms with Gasteiger partial charge in [-0.3, -0.25) is 0 Å². The van der Waals surface area contributed by atoms with E-state index in [0.717, 1.165) is 12.3 Å². The Bertz CT molecular complexity index is 508. The van der Waals surface area contributed by atoms with E-state index in [2.05, 4.69) is 80.6 Å². The molecule has 0 saturated heterocycles. The zero-order chi connectivity index (χ0) is 13.5. The van der Waals surface area contributed by atoms with Gasteiger partial charge in [-0.2, -0.15) is 0 Å². The van der Waals surface area contributed by atoms with Crippen LogP contribution in [-0.4, -0.2) is 0 Å². The average molecular weight is 250 g/mol. The van der Waals surface area contributed by atoms with Crippen molar-refractivity contribution in [2.45, 2.75) is 26.7 Å². The van der Waals surface area contributed by atoms with Crippen LogP contribution in [0.2, 0.25) is 0 Å². The van der Waals surface area contributed by atoms with E-state index in [-0.39, 0.29) is 0 Å². The zero-order valence-electron chi connectivity index (χ0n) is 11.8. The van der Waals surface area contributed by atoms with Crippen molar-refractivity contribution in [1.82, 2.24) is 0 Å². The Hall–Kier alpha value is -1.82. The van der Waals surface area contributed by atoms with Gasteiger partial charge in [0.15, 0.2) is 0 Å². The summed E-state index contributed by atoms with van der Waals surface area (Å²) in [6.45, 7) is 4.58. The monoisotopic (exact) mass is 250 g/mol. The van der Waals surface area contributed by atoms with E-state index >= 15 is 0 Å². The van der Waals surface area contributed by atoms with Gasteiger partial charge in [0.25, 0.3) is 0 Å². The molecule has 1 atom stereocenters. The third-order valence-corrected chi connectivity index (χ3v) is 3.55. The first-order chi connectivity index (χ1) is 9.29. The standard InChI is InChI=1S/C19H22/c1-3-16(2)14-19(18-12-8-5-9-13-18)15-17-10-6-4-7-11-17/h4-13,15-16H,3,14H2,1-2H3/b19-15-. The van der Waals surface area contributed by atoms with Gasteiger partial charge in [0, 0.05) is 0 Å². The lowest BCUT2D eigenvalue weighted by molar-refractivity contribution is 0.580. The lowest BCUT2D eigenvalue weighted by atomic mass is 9.92. The topological polar surface area (TPSA) is 0 Å². The van der Waals surface area contributed by atoms with Crippen molar-refractivity contribution in [2.75, 3.05) is 0 Å². The van der Waals surface area contributed by atoms with Gasteiger partial charge in [-0.1, -0.05) is 87.0 Å². The Morgan fingerprint density at radius 1 is 0.947 bits per heavy atom. The third kappa shape index (κ3) is 4.10. The lowest BCUT2D eigenvalue weighted by Crippen LogP contribution is -1.95. The largest absolute Gasteiger partial charge is 0.0651 e. The molecule has 98 valence electrons. The second kappa shape index (κ2) is 6.94. The van der Waals surface area contributed by atoms with E-state index in [0.29, 0.717) is 0 Å². The van der Waals surface area contributed by atoms with E-state index in [1.807, 2.05) is 0 Å². The molecule has 2 rings (SSSR count). The summed E-state index contributed by atoms with van der Waals surface area (Å²) in [6.07, 6.45) is 4.68. The van der Waals surface area contributed by atoms with Gasteiger partial charge in [0.05, 0.1) is 0 Å². The summed E-state index contributed by atoms with van der Waals surface area (Å²) in [5.41, 5.74) is 4.05. The molecule has 0 nitrogen and oxygen atoms in total. The number of rotatable bonds is 5. The van der Waals surface area contributed by atoms with Crippen LogP contribution in [0.25, 0.3) is 11.6 Å². The van der Waals surface area contributed by atoms with Crippen LogP contribution in [0.5, 0.6) is 0 Å². The molecular formula is C19H22. The molecule has 0 bridgehead atoms. The highest BCUT2D eigenvalue weighted by molar-refractivity contribution is 5.81. The minimum atomic E-state index is 0.718. The molecule has 2 aromatic rings. The van der Waals surface area contributed by atoms with Gasteiger partial charge >= 0.3 is 0 Å². The highest BCUT2D eigenvalue weighted by atomic mass is 14.1. The molecule has 0 aliphatic rings. The molecule has 0 amide bonds. The van der Waals surface area contributed by atoms with Crippen molar-refractivity contribution in [3.05, 3.63) is 71.8 Å². The second-order valence-electron chi connectivity index (χ2n) is 5.16. The van der Waals surface area contributed by atoms with Crippen LogP contribution in [0, 0.1) is 5.92 Å². The lowest BCUT2D eigenvalue weighted by Gasteiger charge is -2.13. The van der Waals surface area contributed by atoms with E-state index in [1.165, 1.54) is 23.1 Å². The first-order valence-electron chi connectivity index (χ1n) is 7.10. The van der Waals surface area contributed by atoms with Crippen molar-refractivity contribution in [1.29, 1.82) is 0 Å². The van der Waals surface area contributed by atoms with E-state index in [1.54, 1.807) is 0 Å². The van der Waals surface area contributed by atoms with Crippen LogP contribution in [0.3, 0.4) is 0 Å². The van der Waals surface area contributed by atoms with Gasteiger partial charge in [-0.15, -0.1) is 0 Å². The van der Waals surface area contributed by atoms with Crippen LogP contribution < -0.4 is 0 Å². The second-order valence-corrected chi connectivity index (χ2v) is 5.16. The summed E-state index contributed by atoms with van der Waals surface area (Å²) in [4.78, 5) is 0. The SMILES string of the molecule is CCC(C)C/C(=C/c1ccccc1)c1ccccc1. The fourth-order valence-electron chi connectivity index (χ4n) is 2.18. The van der Waals surface area contributed by atoms with Crippen LogP contribution >= 0.6 is 0 Å². The van der Waals surface area contributed by atoms with Gasteiger partial charge < -0.3 is 0 Å². The Morgan fingerprint density at radius 3 is 2.11 bits per heavy atom. The molecule has 1 unspecified atom stereocenters. The summed E-state index contributed by atoms with van der Waals surface area (Å²) in [7, 11) is 0. The fraction of sp³-hybridized carbons (Fsp3) is 0.263. The predicted molar refractivity (Wildman–Crippen MR) is 84.8 cm³/mol. The highest BCUT2D eigenvalue weighted by Gasteiger charge is 2.06. The summed E-state index contributed by atoms with van der Waals surface area (Å²) in [5.74, 6) is 0.718. The maximum absolute atomic E-state index is 2.32. The van der Waals surface area contributed by atoms with Gasteiger partial charge in [0.1, 0.15) is 0 Å². The number of allylic oxidation sites excluding steroid dienone is 1. The molecule has 0 fully saturated rings. The highest BCUT2D eigenvalue weighted by Crippen LogP contribution is 2.26. The summed E-state index contributed by atoms with van der Waals surface area (Å²) < 4.78 is 0. The minimum Gasteiger partial charge on any atom is -0.0651 e. The predicted octanol–water partition coefficient (Wildman–Crippen LogP) is 5.66. The maximum Gasteiger partial charge on any atom is -0.0224 e. The zero-order valence-corrected chi connectivity index (χ0v) is 11.8. The molecule has 0 saturated carbocycles. The Kier molecular flexibility index (Phi) is 4.97. The van der Waals surface area contributed by atoms with Crippen molar-refractivity contribution in [2.24, 2.45) is 5.92 Å². The van der Waals surface area contributed by atoms with Gasteiger partial charge in [-0.25, -0.2) is 0 Å². The molecule has 0 aliphatic heterocycles. The molecular weight excluding hydrogens is 228 g/mol. The van der Waals surface area contributed by atoms with Gasteiger partial charge in [0.2, 0.25) is 0 Å². The van der Waals surface area contributed by atoms with Gasteiger partial charge in [-0.05, 0) is 29.0 Å². The molecule has 0 aliphatic carbocycles. The molecule has 0 heterocycles. The number of hydrogen-bond donors (Lipinski definition) is 0. The molecule has 0 spiro atoms. The third-order valence-electron chi connectivity index (χ3n) is 3.55. The molecule has 19 heavy (non-hydrogen) atoms. The van der Waals surface area contributed by atoms with E-state index in [9.17, 15) is 0 Å². The quantitative estimate of drug-likeness (QED) is 0.600. The van der Waals surface area contributed by atoms with Crippen molar-refractivity contribution in [3.63, 3.8) is 0 Å². The molecule has 2 aromatic carbocycles. The van der Waals surface area contributed by atoms with Crippen LogP contribution in [-0.2, 0) is 0 Å². The van der Waals surface area contributed by atoms with Crippen molar-refractivity contribution >= 4 is 11.6 Å². The molecule has 0 heteroatoms. The maximum atomic E-state index is 2.32. The molecule has 0 radical (unpaired) electrons. The van der Waals surface area contributed by atoms with Crippen LogP contribution in [0.4, 0.5) is 0 Å². The Balaban J connectivity index is 2.32. The Labute approximate surface area is 116 Å². The minimum absolute atomic E-state index is 0.718. The average Bonchev–Trinajstić information content (AvgIpc) is 2.48. The van der Waals surface area contributed by atoms with Crippen molar-refractivity contribution < 1.29 is 0 Å². The molecule has 0 N–H and O–H groups in total. The number of hydrogen-bond acceptors (Lipinski definition) is 0. The van der Waals surface area contributed by atoms with Crippen LogP contribution in [0.1, 0.15) is 37.8 Å². The Morgan fingerprint density at radius 2 is 1.53 bits per heavy atom. The smallest absolute Gasteiger partial charge is 0.0224 e.